The van der Waals surface area contributed by atoms with Gasteiger partial charge in [-0.15, -0.1) is 0 Å². The van der Waals surface area contributed by atoms with Crippen LogP contribution in [0.15, 0.2) is 72.8 Å². The molecule has 3 N–H and O–H groups in total. The largest absolute Gasteiger partial charge is 0.508 e. The minimum atomic E-state index is -0.970. The van der Waals surface area contributed by atoms with Crippen LogP contribution >= 0.6 is 0 Å². The van der Waals surface area contributed by atoms with Crippen molar-refractivity contribution in [1.29, 1.82) is 0 Å². The first-order valence-corrected chi connectivity index (χ1v) is 9.63. The number of aryl methyl sites for hydroxylation is 1. The number of phenols is 2. The summed E-state index contributed by atoms with van der Waals surface area (Å²) < 4.78 is 0. The summed E-state index contributed by atoms with van der Waals surface area (Å²) in [6, 6.07) is 20.9. The average Bonchev–Trinajstić information content (AvgIpc) is 2.72. The van der Waals surface area contributed by atoms with E-state index in [0.29, 0.717) is 0 Å². The standard InChI is InChI=1S/C25H22O4/c26-20-9-6-17(7-10-20)22-12-8-19-15-21(27)11-13-23(19)25(22)18-4-1-16(2-5-18)3-14-24(28)29/h1-7,9-11,13-15,22,25-27H,8,12H2,(H,28,29)/b14-3+. The molecule has 146 valence electrons. The van der Waals surface area contributed by atoms with Gasteiger partial charge in [0.15, 0.2) is 0 Å². The molecule has 3 aromatic carbocycles. The van der Waals surface area contributed by atoms with Gasteiger partial charge in [-0.3, -0.25) is 0 Å². The molecule has 29 heavy (non-hydrogen) atoms. The second kappa shape index (κ2) is 7.84. The minimum absolute atomic E-state index is 0.112. The van der Waals surface area contributed by atoms with Crippen molar-refractivity contribution in [1.82, 2.24) is 0 Å². The summed E-state index contributed by atoms with van der Waals surface area (Å²) in [6.07, 6.45) is 4.53. The Labute approximate surface area is 169 Å². The predicted octanol–water partition coefficient (Wildman–Crippen LogP) is 5.06. The van der Waals surface area contributed by atoms with Gasteiger partial charge in [-0.1, -0.05) is 42.5 Å². The molecule has 0 radical (unpaired) electrons. The Morgan fingerprint density at radius 1 is 0.862 bits per heavy atom. The van der Waals surface area contributed by atoms with Gasteiger partial charge in [-0.05, 0) is 76.9 Å². The van der Waals surface area contributed by atoms with Gasteiger partial charge in [0.1, 0.15) is 11.5 Å². The lowest BCUT2D eigenvalue weighted by atomic mass is 9.69. The molecule has 0 fully saturated rings. The lowest BCUT2D eigenvalue weighted by Gasteiger charge is -2.35. The summed E-state index contributed by atoms with van der Waals surface area (Å²) in [5.41, 5.74) is 5.49. The fourth-order valence-electron chi connectivity index (χ4n) is 4.28. The van der Waals surface area contributed by atoms with Crippen LogP contribution in [0.3, 0.4) is 0 Å². The zero-order valence-corrected chi connectivity index (χ0v) is 15.8. The van der Waals surface area contributed by atoms with Gasteiger partial charge >= 0.3 is 5.97 Å². The summed E-state index contributed by atoms with van der Waals surface area (Å²) in [7, 11) is 0. The number of carboxylic acid groups (broad SMARTS) is 1. The third kappa shape index (κ3) is 4.02. The number of hydrogen-bond acceptors (Lipinski definition) is 3. The maximum Gasteiger partial charge on any atom is 0.328 e. The molecule has 2 atom stereocenters. The summed E-state index contributed by atoms with van der Waals surface area (Å²) in [4.78, 5) is 10.8. The monoisotopic (exact) mass is 386 g/mol. The number of carboxylic acids is 1. The normalized spacial score (nSPS) is 18.5. The van der Waals surface area contributed by atoms with E-state index in [2.05, 4.69) is 0 Å². The molecule has 1 aliphatic carbocycles. The van der Waals surface area contributed by atoms with Crippen LogP contribution in [0.4, 0.5) is 0 Å². The van der Waals surface area contributed by atoms with Crippen LogP contribution in [0.2, 0.25) is 0 Å². The fourth-order valence-corrected chi connectivity index (χ4v) is 4.28. The topological polar surface area (TPSA) is 77.8 Å². The first-order chi connectivity index (χ1) is 14.0. The number of aliphatic carboxylic acids is 1. The number of fused-ring (bicyclic) bond motifs is 1. The fraction of sp³-hybridized carbons (Fsp3) is 0.160. The summed E-state index contributed by atoms with van der Waals surface area (Å²) in [5.74, 6) is -0.0855. The Hall–Kier alpha value is -3.53. The molecule has 2 unspecified atom stereocenters. The van der Waals surface area contributed by atoms with E-state index in [1.807, 2.05) is 48.5 Å². The minimum Gasteiger partial charge on any atom is -0.508 e. The number of carbonyl (C=O) groups is 1. The highest BCUT2D eigenvalue weighted by molar-refractivity contribution is 5.85. The van der Waals surface area contributed by atoms with Crippen LogP contribution in [0.5, 0.6) is 11.5 Å². The van der Waals surface area contributed by atoms with E-state index < -0.39 is 5.97 Å². The molecule has 1 aliphatic rings. The van der Waals surface area contributed by atoms with E-state index in [1.165, 1.54) is 11.1 Å². The van der Waals surface area contributed by atoms with Gasteiger partial charge in [-0.25, -0.2) is 4.79 Å². The lowest BCUT2D eigenvalue weighted by Crippen LogP contribution is -2.20. The Morgan fingerprint density at radius 3 is 2.21 bits per heavy atom. The zero-order chi connectivity index (χ0) is 20.4. The Kier molecular flexibility index (Phi) is 5.09. The van der Waals surface area contributed by atoms with Gasteiger partial charge < -0.3 is 15.3 Å². The summed E-state index contributed by atoms with van der Waals surface area (Å²) in [5, 5.41) is 28.4. The molecule has 3 aromatic rings. The van der Waals surface area contributed by atoms with Crippen LogP contribution in [-0.4, -0.2) is 21.3 Å². The Morgan fingerprint density at radius 2 is 1.52 bits per heavy atom. The Balaban J connectivity index is 1.76. The van der Waals surface area contributed by atoms with Crippen molar-refractivity contribution < 1.29 is 20.1 Å². The average molecular weight is 386 g/mol. The van der Waals surface area contributed by atoms with Gasteiger partial charge in [0.2, 0.25) is 0 Å². The lowest BCUT2D eigenvalue weighted by molar-refractivity contribution is -0.131. The predicted molar refractivity (Wildman–Crippen MR) is 112 cm³/mol. The highest BCUT2D eigenvalue weighted by Crippen LogP contribution is 2.47. The van der Waals surface area contributed by atoms with E-state index in [4.69, 9.17) is 5.11 Å². The number of aromatic hydroxyl groups is 2. The van der Waals surface area contributed by atoms with Crippen molar-refractivity contribution in [2.24, 2.45) is 0 Å². The van der Waals surface area contributed by atoms with Crippen LogP contribution in [0.1, 0.15) is 46.1 Å². The third-order valence-corrected chi connectivity index (χ3v) is 5.62. The van der Waals surface area contributed by atoms with Crippen molar-refractivity contribution >= 4 is 12.0 Å². The Bertz CT molecular complexity index is 1050. The number of hydrogen-bond donors (Lipinski definition) is 3. The molecule has 0 saturated carbocycles. The number of benzene rings is 3. The van der Waals surface area contributed by atoms with Gasteiger partial charge in [0.05, 0.1) is 0 Å². The van der Waals surface area contributed by atoms with Crippen LogP contribution in [0, 0.1) is 0 Å². The number of phenolic OH excluding ortho intramolecular Hbond substituents is 2. The second-order valence-corrected chi connectivity index (χ2v) is 7.44. The van der Waals surface area contributed by atoms with Crippen molar-refractivity contribution in [3.8, 4) is 11.5 Å². The quantitative estimate of drug-likeness (QED) is 0.548. The molecule has 0 spiro atoms. The molecule has 0 aromatic heterocycles. The smallest absolute Gasteiger partial charge is 0.328 e. The van der Waals surface area contributed by atoms with Crippen LogP contribution in [-0.2, 0) is 11.2 Å². The van der Waals surface area contributed by atoms with Crippen molar-refractivity contribution in [3.63, 3.8) is 0 Å². The van der Waals surface area contributed by atoms with E-state index >= 15 is 0 Å². The molecule has 0 aliphatic heterocycles. The molecule has 4 rings (SSSR count). The summed E-state index contributed by atoms with van der Waals surface area (Å²) >= 11 is 0. The molecular formula is C25H22O4. The highest BCUT2D eigenvalue weighted by atomic mass is 16.4. The van der Waals surface area contributed by atoms with Gasteiger partial charge in [0, 0.05) is 12.0 Å². The first-order valence-electron chi connectivity index (χ1n) is 9.63. The molecule has 0 amide bonds. The second-order valence-electron chi connectivity index (χ2n) is 7.44. The van der Waals surface area contributed by atoms with Crippen LogP contribution in [0.25, 0.3) is 6.08 Å². The van der Waals surface area contributed by atoms with Crippen molar-refractivity contribution in [3.05, 3.63) is 101 Å². The van der Waals surface area contributed by atoms with E-state index in [1.54, 1.807) is 24.3 Å². The highest BCUT2D eigenvalue weighted by Gasteiger charge is 2.32. The first kappa shape index (κ1) is 18.8. The zero-order valence-electron chi connectivity index (χ0n) is 15.8. The molecule has 4 nitrogen and oxygen atoms in total. The van der Waals surface area contributed by atoms with Crippen LogP contribution < -0.4 is 0 Å². The maximum absolute atomic E-state index is 10.8. The molecule has 0 heterocycles. The molecular weight excluding hydrogens is 364 g/mol. The van der Waals surface area contributed by atoms with Gasteiger partial charge in [0.25, 0.3) is 0 Å². The van der Waals surface area contributed by atoms with Crippen molar-refractivity contribution in [2.45, 2.75) is 24.7 Å². The third-order valence-electron chi connectivity index (χ3n) is 5.62. The van der Waals surface area contributed by atoms with E-state index in [0.717, 1.165) is 35.6 Å². The maximum atomic E-state index is 10.8. The molecule has 4 heteroatoms. The van der Waals surface area contributed by atoms with Crippen molar-refractivity contribution in [2.75, 3.05) is 0 Å². The SMILES string of the molecule is O=C(O)/C=C/c1ccc(C2c3ccc(O)cc3CCC2c2ccc(O)cc2)cc1. The number of rotatable bonds is 4. The molecule has 0 bridgehead atoms. The van der Waals surface area contributed by atoms with Gasteiger partial charge in [-0.2, -0.15) is 0 Å². The summed E-state index contributed by atoms with van der Waals surface area (Å²) in [6.45, 7) is 0. The molecule has 0 saturated heterocycles. The van der Waals surface area contributed by atoms with E-state index in [9.17, 15) is 15.0 Å². The van der Waals surface area contributed by atoms with E-state index in [-0.39, 0.29) is 23.3 Å².